The highest BCUT2D eigenvalue weighted by atomic mass is 35.5. The Bertz CT molecular complexity index is 1090. The Labute approximate surface area is 188 Å². The van der Waals surface area contributed by atoms with Crippen molar-refractivity contribution in [1.82, 2.24) is 5.01 Å². The van der Waals surface area contributed by atoms with Crippen LogP contribution in [0.1, 0.15) is 6.92 Å². The minimum Gasteiger partial charge on any atom is -0.495 e. The van der Waals surface area contributed by atoms with Gasteiger partial charge in [-0.3, -0.25) is 19.4 Å². The Hall–Kier alpha value is -3.66. The monoisotopic (exact) mass is 457 g/mol. The van der Waals surface area contributed by atoms with Crippen LogP contribution in [0.3, 0.4) is 0 Å². The maximum atomic E-state index is 13.0. The van der Waals surface area contributed by atoms with E-state index in [2.05, 4.69) is 15.7 Å². The van der Waals surface area contributed by atoms with Gasteiger partial charge in [0.15, 0.2) is 12.1 Å². The van der Waals surface area contributed by atoms with Gasteiger partial charge in [-0.05, 0) is 49.4 Å². The maximum absolute atomic E-state index is 13.0. The standard InChI is InChI=1S/C21H20ClN5O5/c1-3-32-14-7-4-12(5-8-14)23-17(28)11-26-19-18(24-25-26)20(29)27(21(19)30)13-6-9-16(31-2)15(22)10-13/h4-10,18-19H,3,11H2,1-2H3,(H,23,28). The van der Waals surface area contributed by atoms with Crippen LogP contribution < -0.4 is 19.7 Å². The molecule has 0 aliphatic carbocycles. The Kier molecular flexibility index (Phi) is 5.95. The summed E-state index contributed by atoms with van der Waals surface area (Å²) in [4.78, 5) is 39.4. The number of nitrogens with zero attached hydrogens (tertiary/aromatic N) is 4. The molecule has 2 aromatic rings. The van der Waals surface area contributed by atoms with Crippen molar-refractivity contribution in [2.75, 3.05) is 30.5 Å². The van der Waals surface area contributed by atoms with E-state index in [1.54, 1.807) is 36.4 Å². The summed E-state index contributed by atoms with van der Waals surface area (Å²) >= 11 is 6.14. The number of carbonyl (C=O) groups is 3. The molecule has 166 valence electrons. The van der Waals surface area contributed by atoms with Gasteiger partial charge >= 0.3 is 0 Å². The number of hydrogen-bond donors (Lipinski definition) is 1. The number of imide groups is 1. The van der Waals surface area contributed by atoms with E-state index < -0.39 is 29.8 Å². The van der Waals surface area contributed by atoms with Crippen molar-refractivity contribution in [3.63, 3.8) is 0 Å². The molecule has 2 heterocycles. The summed E-state index contributed by atoms with van der Waals surface area (Å²) in [5.41, 5.74) is 0.864. The zero-order valence-electron chi connectivity index (χ0n) is 17.3. The summed E-state index contributed by atoms with van der Waals surface area (Å²) < 4.78 is 10.5. The third kappa shape index (κ3) is 3.96. The van der Waals surface area contributed by atoms with E-state index in [1.165, 1.54) is 18.2 Å². The molecule has 1 fully saturated rings. The van der Waals surface area contributed by atoms with Gasteiger partial charge in [-0.2, -0.15) is 5.11 Å². The quantitative estimate of drug-likeness (QED) is 0.639. The van der Waals surface area contributed by atoms with Gasteiger partial charge in [-0.15, -0.1) is 0 Å². The molecule has 1 N–H and O–H groups in total. The Morgan fingerprint density at radius 2 is 1.91 bits per heavy atom. The van der Waals surface area contributed by atoms with Crippen molar-refractivity contribution >= 4 is 40.7 Å². The number of rotatable bonds is 7. The van der Waals surface area contributed by atoms with Gasteiger partial charge in [0.2, 0.25) is 5.91 Å². The number of fused-ring (bicyclic) bond motifs is 1. The van der Waals surface area contributed by atoms with Gasteiger partial charge < -0.3 is 14.8 Å². The van der Waals surface area contributed by atoms with Crippen molar-refractivity contribution < 1.29 is 23.9 Å². The molecule has 2 atom stereocenters. The number of anilines is 2. The van der Waals surface area contributed by atoms with E-state index in [4.69, 9.17) is 21.1 Å². The number of methoxy groups -OCH3 is 1. The lowest BCUT2D eigenvalue weighted by molar-refractivity contribution is -0.123. The average Bonchev–Trinajstić information content (AvgIpc) is 3.29. The van der Waals surface area contributed by atoms with Crippen molar-refractivity contribution in [3.05, 3.63) is 47.5 Å². The van der Waals surface area contributed by atoms with Crippen molar-refractivity contribution in [3.8, 4) is 11.5 Å². The molecule has 3 amide bonds. The molecule has 2 aliphatic rings. The highest BCUT2D eigenvalue weighted by Crippen LogP contribution is 2.35. The zero-order chi connectivity index (χ0) is 22.8. The Morgan fingerprint density at radius 3 is 2.56 bits per heavy atom. The SMILES string of the molecule is CCOc1ccc(NC(=O)CN2N=NC3C(=O)N(c4ccc(OC)c(Cl)c4)C(=O)C32)cc1. The van der Waals surface area contributed by atoms with Crippen molar-refractivity contribution in [2.24, 2.45) is 10.3 Å². The molecule has 2 unspecified atom stereocenters. The Balaban J connectivity index is 1.45. The molecule has 0 radical (unpaired) electrons. The summed E-state index contributed by atoms with van der Waals surface area (Å²) in [7, 11) is 1.47. The van der Waals surface area contributed by atoms with E-state index in [9.17, 15) is 14.4 Å². The minimum atomic E-state index is -1.01. The lowest BCUT2D eigenvalue weighted by atomic mass is 10.1. The van der Waals surface area contributed by atoms with Crippen LogP contribution in [-0.4, -0.2) is 55.1 Å². The van der Waals surface area contributed by atoms with Crippen LogP contribution in [0.2, 0.25) is 5.02 Å². The molecule has 0 aromatic heterocycles. The number of benzene rings is 2. The second-order valence-corrected chi connectivity index (χ2v) is 7.44. The van der Waals surface area contributed by atoms with Crippen LogP contribution >= 0.6 is 11.6 Å². The molecule has 0 spiro atoms. The van der Waals surface area contributed by atoms with E-state index in [0.29, 0.717) is 29.5 Å². The van der Waals surface area contributed by atoms with Gasteiger partial charge in [0.05, 0.1) is 24.4 Å². The third-order valence-electron chi connectivity index (χ3n) is 5.01. The fourth-order valence-corrected chi connectivity index (χ4v) is 3.80. The van der Waals surface area contributed by atoms with Crippen LogP contribution in [0.4, 0.5) is 11.4 Å². The third-order valence-corrected chi connectivity index (χ3v) is 5.30. The second kappa shape index (κ2) is 8.83. The normalized spacial score (nSPS) is 19.3. The van der Waals surface area contributed by atoms with Gasteiger partial charge in [0.25, 0.3) is 11.8 Å². The molecule has 10 nitrogen and oxygen atoms in total. The molecule has 4 rings (SSSR count). The smallest absolute Gasteiger partial charge is 0.263 e. The predicted octanol–water partition coefficient (Wildman–Crippen LogP) is 2.68. The fraction of sp³-hybridized carbons (Fsp3) is 0.286. The average molecular weight is 458 g/mol. The lowest BCUT2D eigenvalue weighted by Crippen LogP contribution is -2.43. The predicted molar refractivity (Wildman–Crippen MR) is 116 cm³/mol. The van der Waals surface area contributed by atoms with Gasteiger partial charge in [0.1, 0.15) is 18.0 Å². The summed E-state index contributed by atoms with van der Waals surface area (Å²) in [5, 5.41) is 12.0. The lowest BCUT2D eigenvalue weighted by Gasteiger charge is -2.20. The van der Waals surface area contributed by atoms with Crippen molar-refractivity contribution in [1.29, 1.82) is 0 Å². The van der Waals surface area contributed by atoms with Gasteiger partial charge in [-0.25, -0.2) is 4.90 Å². The Morgan fingerprint density at radius 1 is 1.16 bits per heavy atom. The molecule has 0 bridgehead atoms. The molecule has 11 heteroatoms. The first kappa shape index (κ1) is 21.6. The van der Waals surface area contributed by atoms with E-state index >= 15 is 0 Å². The summed E-state index contributed by atoms with van der Waals surface area (Å²) in [5.74, 6) is -0.350. The molecule has 0 saturated carbocycles. The fourth-order valence-electron chi connectivity index (χ4n) is 3.55. The molecule has 32 heavy (non-hydrogen) atoms. The maximum Gasteiger partial charge on any atom is 0.263 e. The first-order valence-corrected chi connectivity index (χ1v) is 10.2. The highest BCUT2D eigenvalue weighted by Gasteiger charge is 2.55. The van der Waals surface area contributed by atoms with E-state index in [1.807, 2.05) is 6.92 Å². The number of nitrogens with one attached hydrogen (secondary N) is 1. The molecule has 1 saturated heterocycles. The van der Waals surface area contributed by atoms with Gasteiger partial charge in [-0.1, -0.05) is 16.8 Å². The van der Waals surface area contributed by atoms with Crippen LogP contribution in [-0.2, 0) is 14.4 Å². The van der Waals surface area contributed by atoms with Crippen LogP contribution in [0.25, 0.3) is 0 Å². The summed E-state index contributed by atoms with van der Waals surface area (Å²) in [6, 6.07) is 9.47. The number of carbonyl (C=O) groups excluding carboxylic acids is 3. The highest BCUT2D eigenvalue weighted by molar-refractivity contribution is 6.33. The van der Waals surface area contributed by atoms with Crippen LogP contribution in [0.5, 0.6) is 11.5 Å². The number of ether oxygens (including phenoxy) is 2. The molecular formula is C21H20ClN5O5. The topological polar surface area (TPSA) is 113 Å². The van der Waals surface area contributed by atoms with Crippen LogP contribution in [0.15, 0.2) is 52.8 Å². The minimum absolute atomic E-state index is 0.242. The van der Waals surface area contributed by atoms with Crippen molar-refractivity contribution in [2.45, 2.75) is 19.0 Å². The molecule has 2 aromatic carbocycles. The molecule has 2 aliphatic heterocycles. The van der Waals surface area contributed by atoms with E-state index in [-0.39, 0.29) is 11.6 Å². The summed E-state index contributed by atoms with van der Waals surface area (Å²) in [6.45, 7) is 2.18. The molecular weight excluding hydrogens is 438 g/mol. The second-order valence-electron chi connectivity index (χ2n) is 7.03. The number of halogens is 1. The first-order chi connectivity index (χ1) is 15.4. The zero-order valence-corrected chi connectivity index (χ0v) is 18.1. The number of hydrogen-bond acceptors (Lipinski definition) is 8. The first-order valence-electron chi connectivity index (χ1n) is 9.84. The van der Waals surface area contributed by atoms with Gasteiger partial charge in [0, 0.05) is 5.69 Å². The number of amides is 3. The largest absolute Gasteiger partial charge is 0.495 e. The van der Waals surface area contributed by atoms with E-state index in [0.717, 1.165) is 4.90 Å². The summed E-state index contributed by atoms with van der Waals surface area (Å²) in [6.07, 6.45) is 0. The van der Waals surface area contributed by atoms with Crippen LogP contribution in [0, 0.1) is 0 Å².